The number of nitrogens with zero attached hydrogens (tertiary/aromatic N) is 2. The van der Waals surface area contributed by atoms with Crippen molar-refractivity contribution < 1.29 is 0 Å². The van der Waals surface area contributed by atoms with E-state index < -0.39 is 0 Å². The molecule has 0 aliphatic rings. The number of para-hydroxylation sites is 2. The van der Waals surface area contributed by atoms with Gasteiger partial charge in [-0.25, -0.2) is 0 Å². The van der Waals surface area contributed by atoms with Crippen LogP contribution in [0.3, 0.4) is 0 Å². The van der Waals surface area contributed by atoms with Gasteiger partial charge >= 0.3 is 0 Å². The average Bonchev–Trinajstić information content (AvgIpc) is 3.71. The molecule has 0 atom stereocenters. The molecule has 2 heteroatoms. The van der Waals surface area contributed by atoms with Crippen LogP contribution in [0.15, 0.2) is 182 Å². The summed E-state index contributed by atoms with van der Waals surface area (Å²) < 4.78 is 4.84. The van der Waals surface area contributed by atoms with Gasteiger partial charge in [0, 0.05) is 32.9 Å². The monoisotopic (exact) mass is 634 g/mol. The summed E-state index contributed by atoms with van der Waals surface area (Å²) in [5, 5.41) is 12.8. The highest BCUT2D eigenvalue weighted by Gasteiger charge is 2.19. The lowest BCUT2D eigenvalue weighted by atomic mass is 9.96. The van der Waals surface area contributed by atoms with E-state index >= 15 is 0 Å². The fourth-order valence-electron chi connectivity index (χ4n) is 8.47. The van der Waals surface area contributed by atoms with Crippen molar-refractivity contribution in [2.24, 2.45) is 0 Å². The van der Waals surface area contributed by atoms with Gasteiger partial charge in [0.2, 0.25) is 0 Å². The van der Waals surface area contributed by atoms with Crippen LogP contribution >= 0.6 is 0 Å². The largest absolute Gasteiger partial charge is 0.309 e. The maximum absolute atomic E-state index is 2.43. The van der Waals surface area contributed by atoms with Crippen LogP contribution in [0.2, 0.25) is 0 Å². The zero-order valence-corrected chi connectivity index (χ0v) is 27.2. The summed E-state index contributed by atoms with van der Waals surface area (Å²) in [6.45, 7) is 0. The Bertz CT molecular complexity index is 3130. The molecule has 0 radical (unpaired) electrons. The van der Waals surface area contributed by atoms with Crippen LogP contribution in [0.4, 0.5) is 0 Å². The quantitative estimate of drug-likeness (QED) is 0.171. The van der Waals surface area contributed by atoms with E-state index in [4.69, 9.17) is 0 Å². The molecular formula is C48H30N2. The van der Waals surface area contributed by atoms with Crippen LogP contribution in [-0.4, -0.2) is 9.13 Å². The molecule has 232 valence electrons. The van der Waals surface area contributed by atoms with Crippen molar-refractivity contribution in [3.05, 3.63) is 182 Å². The van der Waals surface area contributed by atoms with Crippen molar-refractivity contribution in [2.75, 3.05) is 0 Å². The second-order valence-electron chi connectivity index (χ2n) is 13.3. The van der Waals surface area contributed by atoms with Crippen LogP contribution in [0.25, 0.3) is 98.4 Å². The van der Waals surface area contributed by atoms with Gasteiger partial charge in [-0.2, -0.15) is 0 Å². The smallest absolute Gasteiger partial charge is 0.0547 e. The number of hydrogen-bond donors (Lipinski definition) is 0. The van der Waals surface area contributed by atoms with E-state index in [2.05, 4.69) is 191 Å². The fraction of sp³-hybridized carbons (Fsp3) is 0. The summed E-state index contributed by atoms with van der Waals surface area (Å²) in [5.41, 5.74) is 9.64. The lowest BCUT2D eigenvalue weighted by Gasteiger charge is -2.09. The van der Waals surface area contributed by atoms with Gasteiger partial charge in [0.25, 0.3) is 0 Å². The van der Waals surface area contributed by atoms with E-state index in [-0.39, 0.29) is 0 Å². The standard InChI is InChI=1S/C48H30N2/c1-3-13-36(14-4-1)49-42-25-23-34(29-40(42)47-39-18-10-8-12-32(39)21-27-44(47)49)35-24-26-43-41(30-35)48-45(50(43)37-15-5-2-6-16-37)28-22-33-20-19-31-11-7-9-17-38(31)46(33)48/h1-30H. The highest BCUT2D eigenvalue weighted by Crippen LogP contribution is 2.43. The minimum absolute atomic E-state index is 1.17. The zero-order valence-electron chi connectivity index (χ0n) is 27.2. The third kappa shape index (κ3) is 3.85. The topological polar surface area (TPSA) is 9.86 Å². The van der Waals surface area contributed by atoms with Gasteiger partial charge in [-0.3, -0.25) is 0 Å². The summed E-state index contributed by atoms with van der Waals surface area (Å²) in [6.07, 6.45) is 0. The zero-order chi connectivity index (χ0) is 32.8. The Morgan fingerprint density at radius 2 is 0.680 bits per heavy atom. The summed E-state index contributed by atoms with van der Waals surface area (Å²) in [6, 6.07) is 66.7. The molecule has 2 nitrogen and oxygen atoms in total. The molecule has 0 amide bonds. The molecule has 11 rings (SSSR count). The van der Waals surface area contributed by atoms with Crippen molar-refractivity contribution in [1.29, 1.82) is 0 Å². The summed E-state index contributed by atoms with van der Waals surface area (Å²) in [4.78, 5) is 0. The lowest BCUT2D eigenvalue weighted by molar-refractivity contribution is 1.18. The van der Waals surface area contributed by atoms with Crippen molar-refractivity contribution in [3.8, 4) is 22.5 Å². The second-order valence-corrected chi connectivity index (χ2v) is 13.3. The highest BCUT2D eigenvalue weighted by atomic mass is 15.0. The van der Waals surface area contributed by atoms with Crippen molar-refractivity contribution >= 4 is 75.9 Å². The van der Waals surface area contributed by atoms with E-state index in [1.165, 1.54) is 98.4 Å². The van der Waals surface area contributed by atoms with Crippen LogP contribution < -0.4 is 0 Å². The third-order valence-electron chi connectivity index (χ3n) is 10.7. The molecule has 0 N–H and O–H groups in total. The molecule has 2 aromatic heterocycles. The molecular weight excluding hydrogens is 605 g/mol. The molecule has 0 saturated carbocycles. The normalized spacial score (nSPS) is 12.0. The molecule has 0 unspecified atom stereocenters. The first-order chi connectivity index (χ1) is 24.8. The SMILES string of the molecule is c1ccc(-n2c3ccc(-c4ccc5c(c4)c4c6c(ccc7ccccc76)ccc4n5-c4ccccc4)cc3c3c4ccccc4ccc32)cc1. The van der Waals surface area contributed by atoms with Gasteiger partial charge < -0.3 is 9.13 Å². The van der Waals surface area contributed by atoms with Crippen molar-refractivity contribution in [3.63, 3.8) is 0 Å². The number of aromatic nitrogens is 2. The van der Waals surface area contributed by atoms with Gasteiger partial charge in [0.15, 0.2) is 0 Å². The molecule has 0 spiro atoms. The van der Waals surface area contributed by atoms with E-state index in [0.29, 0.717) is 0 Å². The Morgan fingerprint density at radius 3 is 1.28 bits per heavy atom. The molecule has 11 aromatic rings. The number of benzene rings is 9. The van der Waals surface area contributed by atoms with Gasteiger partial charge in [0.1, 0.15) is 0 Å². The second kappa shape index (κ2) is 10.4. The fourth-order valence-corrected chi connectivity index (χ4v) is 8.47. The van der Waals surface area contributed by atoms with Gasteiger partial charge in [-0.15, -0.1) is 0 Å². The Kier molecular flexibility index (Phi) is 5.70. The summed E-state index contributed by atoms with van der Waals surface area (Å²) >= 11 is 0. The molecule has 0 fully saturated rings. The van der Waals surface area contributed by atoms with Gasteiger partial charge in [0.05, 0.1) is 22.1 Å². The van der Waals surface area contributed by atoms with E-state index in [1.807, 2.05) is 0 Å². The molecule has 50 heavy (non-hydrogen) atoms. The number of fused-ring (bicyclic) bond motifs is 12. The van der Waals surface area contributed by atoms with Crippen LogP contribution in [-0.2, 0) is 0 Å². The lowest BCUT2D eigenvalue weighted by Crippen LogP contribution is -1.93. The maximum atomic E-state index is 2.43. The van der Waals surface area contributed by atoms with Crippen molar-refractivity contribution in [2.45, 2.75) is 0 Å². The van der Waals surface area contributed by atoms with E-state index in [1.54, 1.807) is 0 Å². The molecule has 0 saturated heterocycles. The minimum Gasteiger partial charge on any atom is -0.309 e. The Hall–Kier alpha value is -6.64. The molecule has 0 bridgehead atoms. The Balaban J connectivity index is 1.24. The third-order valence-corrected chi connectivity index (χ3v) is 10.7. The van der Waals surface area contributed by atoms with Crippen LogP contribution in [0.1, 0.15) is 0 Å². The van der Waals surface area contributed by atoms with Crippen LogP contribution in [0, 0.1) is 0 Å². The van der Waals surface area contributed by atoms with E-state index in [9.17, 15) is 0 Å². The average molecular weight is 635 g/mol. The van der Waals surface area contributed by atoms with Gasteiger partial charge in [-0.05, 0) is 104 Å². The predicted molar refractivity (Wildman–Crippen MR) is 213 cm³/mol. The first-order valence-electron chi connectivity index (χ1n) is 17.3. The predicted octanol–water partition coefficient (Wildman–Crippen LogP) is 13.0. The number of hydrogen-bond acceptors (Lipinski definition) is 0. The maximum Gasteiger partial charge on any atom is 0.0547 e. The van der Waals surface area contributed by atoms with Crippen LogP contribution in [0.5, 0.6) is 0 Å². The molecule has 9 aromatic carbocycles. The number of rotatable bonds is 3. The molecule has 2 heterocycles. The van der Waals surface area contributed by atoms with Gasteiger partial charge in [-0.1, -0.05) is 121 Å². The first kappa shape index (κ1) is 27.3. The Labute approximate surface area is 288 Å². The highest BCUT2D eigenvalue weighted by molar-refractivity contribution is 6.28. The molecule has 0 aliphatic carbocycles. The molecule has 0 aliphatic heterocycles. The minimum atomic E-state index is 1.17. The Morgan fingerprint density at radius 1 is 0.260 bits per heavy atom. The van der Waals surface area contributed by atoms with E-state index in [0.717, 1.165) is 0 Å². The summed E-state index contributed by atoms with van der Waals surface area (Å²) in [5.74, 6) is 0. The first-order valence-corrected chi connectivity index (χ1v) is 17.3. The summed E-state index contributed by atoms with van der Waals surface area (Å²) in [7, 11) is 0. The van der Waals surface area contributed by atoms with Crippen molar-refractivity contribution in [1.82, 2.24) is 9.13 Å².